The second-order valence-electron chi connectivity index (χ2n) is 9.54. The highest BCUT2D eigenvalue weighted by Gasteiger charge is 2.27. The number of rotatable bonds is 11. The first-order valence-corrected chi connectivity index (χ1v) is 15.4. The molecule has 4 rings (SSSR count). The van der Waals surface area contributed by atoms with Crippen LogP contribution in [0.15, 0.2) is 46.9 Å². The second-order valence-corrected chi connectivity index (χ2v) is 12.2. The summed E-state index contributed by atoms with van der Waals surface area (Å²) in [6.45, 7) is 8.04. The minimum Gasteiger partial charge on any atom is -0.342 e. The SMILES string of the molecule is CCn1c(SCC(=O)Nc2nc(-c3ccc(C)c([N+](=O)[O-])c3)cs2)nnc1[C@H](NC(=O)c1ccc(Cl)cc1Cl)C(C)C. The average Bonchev–Trinajstić information content (AvgIpc) is 3.57. The first-order valence-electron chi connectivity index (χ1n) is 12.8. The van der Waals surface area contributed by atoms with Crippen molar-refractivity contribution in [3.8, 4) is 11.3 Å². The number of thiazole rings is 1. The Balaban J connectivity index is 1.42. The molecule has 0 spiro atoms. The third kappa shape index (κ3) is 7.27. The van der Waals surface area contributed by atoms with Crippen LogP contribution < -0.4 is 10.6 Å². The number of carbonyl (C=O) groups excluding carboxylic acids is 2. The van der Waals surface area contributed by atoms with Gasteiger partial charge < -0.3 is 15.2 Å². The molecule has 4 aromatic rings. The van der Waals surface area contributed by atoms with E-state index in [1.54, 1.807) is 36.6 Å². The number of nitro groups is 1. The molecule has 0 radical (unpaired) electrons. The van der Waals surface area contributed by atoms with Gasteiger partial charge in [-0.15, -0.1) is 21.5 Å². The monoisotopic (exact) mass is 647 g/mol. The predicted molar refractivity (Wildman–Crippen MR) is 165 cm³/mol. The Bertz CT molecular complexity index is 1640. The third-order valence-electron chi connectivity index (χ3n) is 6.25. The van der Waals surface area contributed by atoms with E-state index in [-0.39, 0.29) is 34.2 Å². The Morgan fingerprint density at radius 3 is 2.60 bits per heavy atom. The Morgan fingerprint density at radius 1 is 1.17 bits per heavy atom. The molecule has 0 aliphatic rings. The number of nitrogens with zero attached hydrogens (tertiary/aromatic N) is 5. The van der Waals surface area contributed by atoms with Crippen LogP contribution in [0, 0.1) is 23.0 Å². The maximum atomic E-state index is 13.0. The number of anilines is 1. The molecule has 0 saturated heterocycles. The van der Waals surface area contributed by atoms with Gasteiger partial charge in [-0.3, -0.25) is 19.7 Å². The van der Waals surface area contributed by atoms with E-state index >= 15 is 0 Å². The second kappa shape index (κ2) is 13.6. The van der Waals surface area contributed by atoms with E-state index in [0.29, 0.717) is 50.1 Å². The zero-order chi connectivity index (χ0) is 30.6. The molecule has 42 heavy (non-hydrogen) atoms. The minimum atomic E-state index is -0.466. The molecule has 2 aromatic heterocycles. The van der Waals surface area contributed by atoms with Crippen LogP contribution in [0.25, 0.3) is 11.3 Å². The van der Waals surface area contributed by atoms with E-state index in [2.05, 4.69) is 25.8 Å². The molecule has 220 valence electrons. The van der Waals surface area contributed by atoms with Gasteiger partial charge >= 0.3 is 0 Å². The van der Waals surface area contributed by atoms with Gasteiger partial charge in [0, 0.05) is 34.1 Å². The fraction of sp³-hybridized carbons (Fsp3) is 0.296. The fourth-order valence-corrected chi connectivity index (χ4v) is 6.11. The van der Waals surface area contributed by atoms with Gasteiger partial charge in [-0.1, -0.05) is 60.9 Å². The van der Waals surface area contributed by atoms with Crippen molar-refractivity contribution in [3.63, 3.8) is 0 Å². The van der Waals surface area contributed by atoms with E-state index in [4.69, 9.17) is 23.2 Å². The normalized spacial score (nSPS) is 11.9. The molecule has 2 N–H and O–H groups in total. The van der Waals surface area contributed by atoms with Gasteiger partial charge in [0.05, 0.1) is 33.0 Å². The summed E-state index contributed by atoms with van der Waals surface area (Å²) in [5, 5.41) is 29.0. The number of thioether (sulfide) groups is 1. The van der Waals surface area contributed by atoms with Gasteiger partial charge in [-0.25, -0.2) is 4.98 Å². The van der Waals surface area contributed by atoms with Gasteiger partial charge in [-0.2, -0.15) is 0 Å². The Labute approximate surface area is 260 Å². The number of amides is 2. The largest absolute Gasteiger partial charge is 0.342 e. The standard InChI is InChI=1S/C27H27Cl2N7O4S2/c1-5-35-24(23(14(2)3)32-25(38)18-9-8-17(28)11-19(18)29)33-34-27(35)42-13-22(37)31-26-30-20(12-41-26)16-7-6-15(4)21(10-16)36(39)40/h6-12,14,23H,5,13H2,1-4H3,(H,32,38)(H,30,31,37)/t23-/m1/s1. The first kappa shape index (κ1) is 31.4. The molecule has 0 fully saturated rings. The molecular formula is C27H27Cl2N7O4S2. The number of nitro benzene ring substituents is 1. The summed E-state index contributed by atoms with van der Waals surface area (Å²) in [6.07, 6.45) is 0. The lowest BCUT2D eigenvalue weighted by atomic mass is 10.0. The molecule has 0 aliphatic heterocycles. The molecule has 2 amide bonds. The highest BCUT2D eigenvalue weighted by atomic mass is 35.5. The molecule has 0 aliphatic carbocycles. The number of aromatic nitrogens is 4. The van der Waals surface area contributed by atoms with Crippen LogP contribution >= 0.6 is 46.3 Å². The molecule has 2 aromatic carbocycles. The number of aryl methyl sites for hydroxylation is 1. The topological polar surface area (TPSA) is 145 Å². The summed E-state index contributed by atoms with van der Waals surface area (Å²) < 4.78 is 1.86. The minimum absolute atomic E-state index is 0.00920. The van der Waals surface area contributed by atoms with Gasteiger partial charge in [0.2, 0.25) is 5.91 Å². The maximum Gasteiger partial charge on any atom is 0.272 e. The van der Waals surface area contributed by atoms with Crippen LogP contribution in [0.1, 0.15) is 48.6 Å². The van der Waals surface area contributed by atoms with Crippen LogP contribution in [0.4, 0.5) is 10.8 Å². The lowest BCUT2D eigenvalue weighted by Crippen LogP contribution is -2.34. The number of carbonyl (C=O) groups is 2. The Morgan fingerprint density at radius 2 is 1.93 bits per heavy atom. The maximum absolute atomic E-state index is 13.0. The lowest BCUT2D eigenvalue weighted by Gasteiger charge is -2.22. The molecule has 2 heterocycles. The summed E-state index contributed by atoms with van der Waals surface area (Å²) in [6, 6.07) is 9.11. The van der Waals surface area contributed by atoms with Gasteiger partial charge in [0.15, 0.2) is 16.1 Å². The van der Waals surface area contributed by atoms with E-state index in [1.807, 2.05) is 25.3 Å². The number of nitrogens with one attached hydrogen (secondary N) is 2. The van der Waals surface area contributed by atoms with Gasteiger partial charge in [0.1, 0.15) is 0 Å². The highest BCUT2D eigenvalue weighted by molar-refractivity contribution is 7.99. The Kier molecular flexibility index (Phi) is 10.2. The van der Waals surface area contributed by atoms with Crippen LogP contribution in [-0.4, -0.2) is 42.2 Å². The quantitative estimate of drug-likeness (QED) is 0.103. The molecule has 0 unspecified atom stereocenters. The van der Waals surface area contributed by atoms with Crippen LogP contribution in [0.3, 0.4) is 0 Å². The van der Waals surface area contributed by atoms with Crippen molar-refractivity contribution in [3.05, 3.63) is 78.9 Å². The number of halogens is 2. The zero-order valence-electron chi connectivity index (χ0n) is 23.1. The van der Waals surface area contributed by atoms with E-state index in [1.165, 1.54) is 35.2 Å². The molecule has 11 nitrogen and oxygen atoms in total. The highest BCUT2D eigenvalue weighted by Crippen LogP contribution is 2.30. The third-order valence-corrected chi connectivity index (χ3v) is 8.53. The van der Waals surface area contributed by atoms with Crippen LogP contribution in [0.5, 0.6) is 0 Å². The van der Waals surface area contributed by atoms with Crippen LogP contribution in [-0.2, 0) is 11.3 Å². The zero-order valence-corrected chi connectivity index (χ0v) is 26.2. The number of hydrogen-bond donors (Lipinski definition) is 2. The Hall–Kier alpha value is -3.52. The summed E-state index contributed by atoms with van der Waals surface area (Å²) in [4.78, 5) is 41.0. The van der Waals surface area contributed by atoms with E-state index < -0.39 is 11.0 Å². The smallest absolute Gasteiger partial charge is 0.272 e. The summed E-state index contributed by atoms with van der Waals surface area (Å²) in [5.41, 5.74) is 1.98. The predicted octanol–water partition coefficient (Wildman–Crippen LogP) is 6.80. The van der Waals surface area contributed by atoms with Crippen molar-refractivity contribution < 1.29 is 14.5 Å². The molecule has 15 heteroatoms. The lowest BCUT2D eigenvalue weighted by molar-refractivity contribution is -0.385. The van der Waals surface area contributed by atoms with Gasteiger partial charge in [-0.05, 0) is 38.0 Å². The van der Waals surface area contributed by atoms with Crippen molar-refractivity contribution in [2.45, 2.75) is 45.4 Å². The van der Waals surface area contributed by atoms with E-state index in [9.17, 15) is 19.7 Å². The van der Waals surface area contributed by atoms with Crippen molar-refractivity contribution in [2.75, 3.05) is 11.1 Å². The molecule has 0 bridgehead atoms. The summed E-state index contributed by atoms with van der Waals surface area (Å²) in [5.74, 6) is -0.0793. The summed E-state index contributed by atoms with van der Waals surface area (Å²) in [7, 11) is 0. The number of hydrogen-bond acceptors (Lipinski definition) is 9. The number of benzene rings is 2. The molecular weight excluding hydrogens is 621 g/mol. The van der Waals surface area contributed by atoms with E-state index in [0.717, 1.165) is 0 Å². The van der Waals surface area contributed by atoms with Crippen molar-refractivity contribution >= 4 is 68.9 Å². The van der Waals surface area contributed by atoms with Crippen molar-refractivity contribution in [2.24, 2.45) is 5.92 Å². The first-order chi connectivity index (χ1) is 20.0. The molecule has 1 atom stereocenters. The van der Waals surface area contributed by atoms with Crippen LogP contribution in [0.2, 0.25) is 10.0 Å². The van der Waals surface area contributed by atoms with Crippen molar-refractivity contribution in [1.29, 1.82) is 0 Å². The van der Waals surface area contributed by atoms with Crippen molar-refractivity contribution in [1.82, 2.24) is 25.1 Å². The average molecular weight is 649 g/mol. The summed E-state index contributed by atoms with van der Waals surface area (Å²) >= 11 is 14.6. The van der Waals surface area contributed by atoms with Gasteiger partial charge in [0.25, 0.3) is 11.6 Å². The fourth-order valence-electron chi connectivity index (χ4n) is 4.07. The molecule has 0 saturated carbocycles.